The number of carbonyl (C=O) groups excluding carboxylic acids is 2. The van der Waals surface area contributed by atoms with Gasteiger partial charge in [0.1, 0.15) is 0 Å². The minimum Gasteiger partial charge on any atom is -0.295 e. The lowest BCUT2D eigenvalue weighted by Gasteiger charge is -1.98. The minimum absolute atomic E-state index is 0. The largest absolute Gasteiger partial charge is 0.295 e. The Bertz CT molecular complexity index is 313. The Kier molecular flexibility index (Phi) is 5.22. The molecule has 78 valence electrons. The number of hydrogen-bond donors (Lipinski definition) is 1. The van der Waals surface area contributed by atoms with Gasteiger partial charge >= 0.3 is 0 Å². The maximum absolute atomic E-state index is 11.0. The molecule has 0 heterocycles. The summed E-state index contributed by atoms with van der Waals surface area (Å²) in [5.41, 5.74) is 2.51. The third kappa shape index (κ3) is 4.40. The van der Waals surface area contributed by atoms with Gasteiger partial charge in [0.05, 0.1) is 0 Å². The molecule has 3 heteroatoms. The maximum Gasteiger partial charge on any atom is 0.257 e. The fourth-order valence-electron chi connectivity index (χ4n) is 0.614. The Morgan fingerprint density at radius 1 is 1.29 bits per heavy atom. The summed E-state index contributed by atoms with van der Waals surface area (Å²) < 4.78 is 0. The summed E-state index contributed by atoms with van der Waals surface area (Å²) in [5, 5.41) is 2.01. The fourth-order valence-corrected chi connectivity index (χ4v) is 0.614. The van der Waals surface area contributed by atoms with E-state index in [0.717, 1.165) is 5.57 Å². The Balaban J connectivity index is 0. The molecular formula is C11H17NO2. The first-order chi connectivity index (χ1) is 6.49. The third-order valence-electron chi connectivity index (χ3n) is 1.80. The van der Waals surface area contributed by atoms with E-state index in [4.69, 9.17) is 0 Å². The Hall–Kier alpha value is -1.64. The van der Waals surface area contributed by atoms with Crippen molar-refractivity contribution in [1.29, 1.82) is 0 Å². The van der Waals surface area contributed by atoms with Gasteiger partial charge < -0.3 is 0 Å². The molecule has 0 aliphatic rings. The van der Waals surface area contributed by atoms with E-state index in [1.165, 1.54) is 5.57 Å². The molecule has 1 N–H and O–H groups in total. The third-order valence-corrected chi connectivity index (χ3v) is 1.80. The van der Waals surface area contributed by atoms with Crippen molar-refractivity contribution in [2.24, 2.45) is 0 Å². The summed E-state index contributed by atoms with van der Waals surface area (Å²) in [6.07, 6.45) is 3.72. The van der Waals surface area contributed by atoms with E-state index in [2.05, 4.69) is 6.58 Å². The molecule has 0 saturated heterocycles. The molecule has 0 fully saturated rings. The van der Waals surface area contributed by atoms with Crippen molar-refractivity contribution in [3.8, 4) is 0 Å². The number of amides is 2. The van der Waals surface area contributed by atoms with Crippen LogP contribution in [0.2, 0.25) is 0 Å². The highest BCUT2D eigenvalue weighted by Crippen LogP contribution is 2.05. The standard InChI is InChI=1S/C11H15NO2.H2/c1-8(2)9(3)5-6-10(4)11(14)12-7-13;/h5-7H,4H2,1-3H3,(H,12,13,14);1H/b6-5-;. The molecule has 0 unspecified atom stereocenters. The first-order valence-electron chi connectivity index (χ1n) is 4.24. The summed E-state index contributed by atoms with van der Waals surface area (Å²) in [6, 6.07) is 0. The van der Waals surface area contributed by atoms with Crippen molar-refractivity contribution >= 4 is 12.3 Å². The van der Waals surface area contributed by atoms with Crippen LogP contribution < -0.4 is 5.32 Å². The first-order valence-corrected chi connectivity index (χ1v) is 4.24. The maximum atomic E-state index is 11.0. The molecule has 0 atom stereocenters. The van der Waals surface area contributed by atoms with Crippen molar-refractivity contribution in [1.82, 2.24) is 5.32 Å². The van der Waals surface area contributed by atoms with Crippen LogP contribution in [0.4, 0.5) is 0 Å². The summed E-state index contributed by atoms with van der Waals surface area (Å²) in [5.74, 6) is -0.474. The SMILES string of the molecule is C=C(/C=C\C(C)=C(C)C)C(=O)NC=O.[HH]. The molecule has 0 radical (unpaired) electrons. The minimum atomic E-state index is -0.474. The second-order valence-electron chi connectivity index (χ2n) is 3.13. The van der Waals surface area contributed by atoms with Gasteiger partial charge in [-0.05, 0) is 26.8 Å². The molecule has 0 saturated carbocycles. The van der Waals surface area contributed by atoms with Gasteiger partial charge in [-0.1, -0.05) is 23.8 Å². The zero-order valence-electron chi connectivity index (χ0n) is 8.76. The van der Waals surface area contributed by atoms with Gasteiger partial charge in [0.2, 0.25) is 6.41 Å². The van der Waals surface area contributed by atoms with E-state index in [1.54, 1.807) is 12.2 Å². The van der Waals surface area contributed by atoms with E-state index in [0.29, 0.717) is 6.41 Å². The average molecular weight is 195 g/mol. The van der Waals surface area contributed by atoms with E-state index < -0.39 is 5.91 Å². The van der Waals surface area contributed by atoms with Crippen LogP contribution in [0.15, 0.2) is 35.5 Å². The lowest BCUT2D eigenvalue weighted by molar-refractivity contribution is -0.122. The molecule has 0 bridgehead atoms. The van der Waals surface area contributed by atoms with Crippen LogP contribution in [0.1, 0.15) is 22.2 Å². The van der Waals surface area contributed by atoms with Gasteiger partial charge in [-0.15, -0.1) is 0 Å². The molecule has 0 aliphatic heterocycles. The molecule has 0 aromatic heterocycles. The predicted molar refractivity (Wildman–Crippen MR) is 58.6 cm³/mol. The van der Waals surface area contributed by atoms with Gasteiger partial charge in [-0.2, -0.15) is 0 Å². The van der Waals surface area contributed by atoms with Crippen LogP contribution in [-0.2, 0) is 9.59 Å². The van der Waals surface area contributed by atoms with Crippen LogP contribution in [0.3, 0.4) is 0 Å². The van der Waals surface area contributed by atoms with Crippen LogP contribution in [0.5, 0.6) is 0 Å². The summed E-state index contributed by atoms with van der Waals surface area (Å²) in [6.45, 7) is 9.43. The van der Waals surface area contributed by atoms with Crippen molar-refractivity contribution in [3.05, 3.63) is 35.5 Å². The van der Waals surface area contributed by atoms with E-state index in [1.807, 2.05) is 26.1 Å². The van der Waals surface area contributed by atoms with E-state index in [-0.39, 0.29) is 7.00 Å². The van der Waals surface area contributed by atoms with Crippen LogP contribution in [0.25, 0.3) is 0 Å². The highest BCUT2D eigenvalue weighted by molar-refractivity contribution is 6.00. The van der Waals surface area contributed by atoms with Gasteiger partial charge in [0.15, 0.2) is 0 Å². The van der Waals surface area contributed by atoms with Gasteiger partial charge in [0.25, 0.3) is 5.91 Å². The van der Waals surface area contributed by atoms with E-state index >= 15 is 0 Å². The highest BCUT2D eigenvalue weighted by atomic mass is 16.2. The molecule has 0 spiro atoms. The van der Waals surface area contributed by atoms with Gasteiger partial charge in [0, 0.05) is 7.00 Å². The second kappa shape index (κ2) is 5.91. The Morgan fingerprint density at radius 2 is 1.86 bits per heavy atom. The summed E-state index contributed by atoms with van der Waals surface area (Å²) in [4.78, 5) is 21.0. The van der Waals surface area contributed by atoms with Crippen LogP contribution in [-0.4, -0.2) is 12.3 Å². The van der Waals surface area contributed by atoms with E-state index in [9.17, 15) is 9.59 Å². The molecule has 0 aliphatic carbocycles. The number of allylic oxidation sites excluding steroid dienone is 3. The summed E-state index contributed by atoms with van der Waals surface area (Å²) >= 11 is 0. The smallest absolute Gasteiger partial charge is 0.257 e. The topological polar surface area (TPSA) is 46.2 Å². The van der Waals surface area contributed by atoms with Crippen molar-refractivity contribution in [2.45, 2.75) is 20.8 Å². The van der Waals surface area contributed by atoms with Crippen LogP contribution >= 0.6 is 0 Å². The average Bonchev–Trinajstić information content (AvgIpc) is 2.13. The Labute approximate surface area is 85.7 Å². The lowest BCUT2D eigenvalue weighted by atomic mass is 10.1. The number of imide groups is 1. The number of nitrogens with one attached hydrogen (secondary N) is 1. The van der Waals surface area contributed by atoms with Crippen molar-refractivity contribution in [2.75, 3.05) is 0 Å². The molecule has 0 aromatic rings. The quantitative estimate of drug-likeness (QED) is 0.423. The van der Waals surface area contributed by atoms with Gasteiger partial charge in [-0.25, -0.2) is 0 Å². The van der Waals surface area contributed by atoms with Gasteiger partial charge in [-0.3, -0.25) is 14.9 Å². The van der Waals surface area contributed by atoms with Crippen LogP contribution in [0, 0.1) is 0 Å². The number of rotatable bonds is 4. The molecule has 0 aromatic carbocycles. The number of carbonyl (C=O) groups is 2. The Morgan fingerprint density at radius 3 is 2.29 bits per heavy atom. The monoisotopic (exact) mass is 195 g/mol. The zero-order chi connectivity index (χ0) is 11.1. The molecule has 2 amide bonds. The van der Waals surface area contributed by atoms with Crippen molar-refractivity contribution in [3.63, 3.8) is 0 Å². The summed E-state index contributed by atoms with van der Waals surface area (Å²) in [7, 11) is 0. The molecule has 14 heavy (non-hydrogen) atoms. The zero-order valence-corrected chi connectivity index (χ0v) is 8.76. The molecular weight excluding hydrogens is 178 g/mol. The molecule has 3 nitrogen and oxygen atoms in total. The number of hydrogen-bond acceptors (Lipinski definition) is 2. The normalized spacial score (nSPS) is 9.64. The molecule has 0 rings (SSSR count). The van der Waals surface area contributed by atoms with Crippen molar-refractivity contribution < 1.29 is 11.0 Å². The lowest BCUT2D eigenvalue weighted by Crippen LogP contribution is -2.21. The highest BCUT2D eigenvalue weighted by Gasteiger charge is 2.00. The first kappa shape index (κ1) is 12.4. The second-order valence-corrected chi connectivity index (χ2v) is 3.13. The predicted octanol–water partition coefficient (Wildman–Crippen LogP) is 1.97. The fraction of sp³-hybridized carbons (Fsp3) is 0.273.